The van der Waals surface area contributed by atoms with Crippen molar-refractivity contribution in [3.8, 4) is 5.75 Å². The van der Waals surface area contributed by atoms with E-state index in [0.29, 0.717) is 11.4 Å². The molecular formula is C20H20N2O5. The number of nitrogens with one attached hydrogen (secondary N) is 1. The Labute approximate surface area is 156 Å². The lowest BCUT2D eigenvalue weighted by atomic mass is 10.1. The molecular weight excluding hydrogens is 348 g/mol. The lowest BCUT2D eigenvalue weighted by Gasteiger charge is -2.32. The summed E-state index contributed by atoms with van der Waals surface area (Å²) in [7, 11) is 0. The van der Waals surface area contributed by atoms with Crippen molar-refractivity contribution >= 4 is 29.2 Å². The van der Waals surface area contributed by atoms with Crippen LogP contribution >= 0.6 is 0 Å². The second-order valence-electron chi connectivity index (χ2n) is 6.49. The van der Waals surface area contributed by atoms with Crippen molar-refractivity contribution < 1.29 is 24.2 Å². The maximum absolute atomic E-state index is 12.6. The molecule has 1 heterocycles. The zero-order valence-corrected chi connectivity index (χ0v) is 15.3. The monoisotopic (exact) mass is 368 g/mol. The number of anilines is 2. The molecule has 1 unspecified atom stereocenters. The zero-order chi connectivity index (χ0) is 19.7. The summed E-state index contributed by atoms with van der Waals surface area (Å²) >= 11 is 0. The molecule has 1 aliphatic rings. The lowest BCUT2D eigenvalue weighted by Crippen LogP contribution is -2.47. The van der Waals surface area contributed by atoms with E-state index in [9.17, 15) is 19.5 Å². The van der Waals surface area contributed by atoms with E-state index >= 15 is 0 Å². The Balaban J connectivity index is 1.89. The van der Waals surface area contributed by atoms with E-state index in [1.807, 2.05) is 32.0 Å². The van der Waals surface area contributed by atoms with Crippen LogP contribution in [0.4, 0.5) is 11.4 Å². The molecule has 0 bridgehead atoms. The van der Waals surface area contributed by atoms with E-state index in [-0.39, 0.29) is 23.7 Å². The molecule has 140 valence electrons. The molecule has 2 amide bonds. The number of carbonyl (C=O) groups excluding carboxylic acids is 2. The molecule has 7 heteroatoms. The standard InChI is InChI=1S/C20H20N2O5/c1-11-5-4-6-12(2)18(11)21-17(23)10-22-15-9-14(20(25)26)7-8-16(15)27-13(3)19(22)24/h4-9,13H,10H2,1-3H3,(H,21,23)(H,25,26). The van der Waals surface area contributed by atoms with Gasteiger partial charge in [-0.1, -0.05) is 18.2 Å². The average molecular weight is 368 g/mol. The van der Waals surface area contributed by atoms with Crippen LogP contribution in [0.2, 0.25) is 0 Å². The smallest absolute Gasteiger partial charge is 0.335 e. The fourth-order valence-corrected chi connectivity index (χ4v) is 3.04. The number of rotatable bonds is 4. The lowest BCUT2D eigenvalue weighted by molar-refractivity contribution is -0.127. The van der Waals surface area contributed by atoms with Crippen molar-refractivity contribution in [1.82, 2.24) is 0 Å². The molecule has 0 saturated heterocycles. The number of fused-ring (bicyclic) bond motifs is 1. The molecule has 0 radical (unpaired) electrons. The summed E-state index contributed by atoms with van der Waals surface area (Å²) in [4.78, 5) is 37.7. The SMILES string of the molecule is Cc1cccc(C)c1NC(=O)CN1C(=O)C(C)Oc2ccc(C(=O)O)cc21. The molecule has 0 spiro atoms. The Morgan fingerprint density at radius 2 is 1.85 bits per heavy atom. The highest BCUT2D eigenvalue weighted by Gasteiger charge is 2.33. The molecule has 0 fully saturated rings. The second kappa shape index (κ2) is 7.11. The van der Waals surface area contributed by atoms with Gasteiger partial charge in [0.25, 0.3) is 5.91 Å². The molecule has 1 atom stereocenters. The van der Waals surface area contributed by atoms with E-state index in [1.165, 1.54) is 23.1 Å². The largest absolute Gasteiger partial charge is 0.479 e. The second-order valence-corrected chi connectivity index (χ2v) is 6.49. The van der Waals surface area contributed by atoms with E-state index in [2.05, 4.69) is 5.32 Å². The fourth-order valence-electron chi connectivity index (χ4n) is 3.04. The van der Waals surface area contributed by atoms with E-state index < -0.39 is 18.0 Å². The summed E-state index contributed by atoms with van der Waals surface area (Å²) in [5.41, 5.74) is 2.82. The molecule has 0 aliphatic carbocycles. The summed E-state index contributed by atoms with van der Waals surface area (Å²) in [6.45, 7) is 5.13. The van der Waals surface area contributed by atoms with Crippen LogP contribution < -0.4 is 15.0 Å². The van der Waals surface area contributed by atoms with E-state index in [0.717, 1.165) is 11.1 Å². The number of ether oxygens (including phenoxy) is 1. The summed E-state index contributed by atoms with van der Waals surface area (Å²) < 4.78 is 5.53. The molecule has 0 saturated carbocycles. The first kappa shape index (κ1) is 18.4. The maximum Gasteiger partial charge on any atom is 0.335 e. The van der Waals surface area contributed by atoms with E-state index in [4.69, 9.17) is 4.74 Å². The van der Waals surface area contributed by atoms with Crippen LogP contribution in [0.3, 0.4) is 0 Å². The van der Waals surface area contributed by atoms with Gasteiger partial charge in [0.15, 0.2) is 6.10 Å². The highest BCUT2D eigenvalue weighted by molar-refractivity contribution is 6.07. The first-order valence-corrected chi connectivity index (χ1v) is 8.49. The quantitative estimate of drug-likeness (QED) is 0.865. The molecule has 2 aromatic carbocycles. The third-order valence-corrected chi connectivity index (χ3v) is 4.46. The molecule has 2 aromatic rings. The predicted octanol–water partition coefficient (Wildman–Crippen LogP) is 2.75. The van der Waals surface area contributed by atoms with Gasteiger partial charge in [-0.05, 0) is 50.1 Å². The highest BCUT2D eigenvalue weighted by atomic mass is 16.5. The number of nitrogens with zero attached hydrogens (tertiary/aromatic N) is 1. The maximum atomic E-state index is 12.6. The van der Waals surface area contributed by atoms with Crippen LogP contribution in [0.5, 0.6) is 5.75 Å². The van der Waals surface area contributed by atoms with Crippen molar-refractivity contribution in [2.45, 2.75) is 26.9 Å². The number of aromatic carboxylic acids is 1. The van der Waals surface area contributed by atoms with Gasteiger partial charge < -0.3 is 15.2 Å². The van der Waals surface area contributed by atoms with Gasteiger partial charge in [-0.2, -0.15) is 0 Å². The van der Waals surface area contributed by atoms with Crippen molar-refractivity contribution in [2.75, 3.05) is 16.8 Å². The number of carbonyl (C=O) groups is 3. The van der Waals surface area contributed by atoms with Gasteiger partial charge in [-0.3, -0.25) is 14.5 Å². The summed E-state index contributed by atoms with van der Waals surface area (Å²) in [6.07, 6.45) is -0.763. The highest BCUT2D eigenvalue weighted by Crippen LogP contribution is 2.35. The van der Waals surface area contributed by atoms with Crippen molar-refractivity contribution in [3.63, 3.8) is 0 Å². The minimum Gasteiger partial charge on any atom is -0.479 e. The molecule has 1 aliphatic heterocycles. The molecule has 2 N–H and O–H groups in total. The minimum atomic E-state index is -1.12. The van der Waals surface area contributed by atoms with Gasteiger partial charge >= 0.3 is 5.97 Å². The topological polar surface area (TPSA) is 95.9 Å². The first-order valence-electron chi connectivity index (χ1n) is 8.49. The van der Waals surface area contributed by atoms with Gasteiger partial charge in [0.2, 0.25) is 5.91 Å². The van der Waals surface area contributed by atoms with Crippen molar-refractivity contribution in [1.29, 1.82) is 0 Å². The van der Waals surface area contributed by atoms with Gasteiger partial charge in [-0.15, -0.1) is 0 Å². The summed E-state index contributed by atoms with van der Waals surface area (Å²) in [5, 5.41) is 12.0. The third-order valence-electron chi connectivity index (χ3n) is 4.46. The number of benzene rings is 2. The predicted molar refractivity (Wildman–Crippen MR) is 100 cm³/mol. The Hall–Kier alpha value is -3.35. The number of carboxylic acids is 1. The van der Waals surface area contributed by atoms with Crippen LogP contribution in [0.15, 0.2) is 36.4 Å². The fraction of sp³-hybridized carbons (Fsp3) is 0.250. The van der Waals surface area contributed by atoms with Crippen LogP contribution in [-0.4, -0.2) is 35.5 Å². The average Bonchev–Trinajstić information content (AvgIpc) is 2.61. The minimum absolute atomic E-state index is 0.0138. The van der Waals surface area contributed by atoms with Gasteiger partial charge in [0.05, 0.1) is 11.3 Å². The number of aryl methyl sites for hydroxylation is 2. The molecule has 7 nitrogen and oxygen atoms in total. The van der Waals surface area contributed by atoms with Crippen LogP contribution in [0, 0.1) is 13.8 Å². The van der Waals surface area contributed by atoms with Crippen molar-refractivity contribution in [3.05, 3.63) is 53.1 Å². The third kappa shape index (κ3) is 3.62. The Kier molecular flexibility index (Phi) is 4.85. The zero-order valence-electron chi connectivity index (χ0n) is 15.3. The normalized spacial score (nSPS) is 15.7. The van der Waals surface area contributed by atoms with Crippen LogP contribution in [-0.2, 0) is 9.59 Å². The van der Waals surface area contributed by atoms with Crippen molar-refractivity contribution in [2.24, 2.45) is 0 Å². The molecule has 0 aromatic heterocycles. The Morgan fingerprint density at radius 3 is 2.48 bits per heavy atom. The number of carboxylic acid groups (broad SMARTS) is 1. The van der Waals surface area contributed by atoms with Gasteiger partial charge in [0.1, 0.15) is 12.3 Å². The van der Waals surface area contributed by atoms with Crippen LogP contribution in [0.25, 0.3) is 0 Å². The van der Waals surface area contributed by atoms with Crippen LogP contribution in [0.1, 0.15) is 28.4 Å². The Bertz CT molecular complexity index is 918. The molecule has 27 heavy (non-hydrogen) atoms. The van der Waals surface area contributed by atoms with E-state index in [1.54, 1.807) is 6.92 Å². The van der Waals surface area contributed by atoms with Gasteiger partial charge in [-0.25, -0.2) is 4.79 Å². The summed E-state index contributed by atoms with van der Waals surface area (Å²) in [5.74, 6) is -1.53. The first-order chi connectivity index (χ1) is 12.8. The number of para-hydroxylation sites is 1. The molecule has 3 rings (SSSR count). The number of hydrogen-bond acceptors (Lipinski definition) is 4. The Morgan fingerprint density at radius 1 is 1.19 bits per heavy atom. The number of hydrogen-bond donors (Lipinski definition) is 2. The van der Waals surface area contributed by atoms with Gasteiger partial charge in [0, 0.05) is 5.69 Å². The summed E-state index contributed by atoms with van der Waals surface area (Å²) in [6, 6.07) is 9.92. The number of amides is 2.